The number of aromatic nitrogens is 3. The molecule has 0 N–H and O–H groups in total. The highest BCUT2D eigenvalue weighted by atomic mass is 79.9. The number of hydrogen-bond acceptors (Lipinski definition) is 2. The van der Waals surface area contributed by atoms with Crippen molar-refractivity contribution in [2.75, 3.05) is 0 Å². The maximum Gasteiger partial charge on any atom is 0.299 e. The average Bonchev–Trinajstić information content (AvgIpc) is 3.01. The average molecular weight is 389 g/mol. The molecule has 0 aliphatic heterocycles. The summed E-state index contributed by atoms with van der Waals surface area (Å²) >= 11 is 9.73. The Morgan fingerprint density at radius 1 is 1.17 bits per heavy atom. The first-order valence-corrected chi connectivity index (χ1v) is 8.18. The van der Waals surface area contributed by atoms with Crippen molar-refractivity contribution in [3.63, 3.8) is 0 Å². The third-order valence-electron chi connectivity index (χ3n) is 3.91. The van der Waals surface area contributed by atoms with Crippen molar-refractivity contribution < 1.29 is 0 Å². The van der Waals surface area contributed by atoms with Crippen molar-refractivity contribution in [2.45, 2.75) is 6.92 Å². The summed E-state index contributed by atoms with van der Waals surface area (Å²) in [4.78, 5) is 17.2. The van der Waals surface area contributed by atoms with Gasteiger partial charge >= 0.3 is 0 Å². The summed E-state index contributed by atoms with van der Waals surface area (Å²) < 4.78 is 4.23. The number of benzene rings is 2. The van der Waals surface area contributed by atoms with Gasteiger partial charge < -0.3 is 0 Å². The van der Waals surface area contributed by atoms with E-state index >= 15 is 0 Å². The van der Waals surface area contributed by atoms with E-state index in [2.05, 4.69) is 20.9 Å². The molecule has 0 atom stereocenters. The summed E-state index contributed by atoms with van der Waals surface area (Å²) in [5.41, 5.74) is 3.64. The minimum absolute atomic E-state index is 0.171. The Hall–Kier alpha value is -2.11. The van der Waals surface area contributed by atoms with Crippen LogP contribution >= 0.6 is 27.5 Å². The molecule has 0 radical (unpaired) electrons. The van der Waals surface area contributed by atoms with Crippen LogP contribution in [0.3, 0.4) is 0 Å². The lowest BCUT2D eigenvalue weighted by molar-refractivity contribution is 1.00. The van der Waals surface area contributed by atoms with Crippen LogP contribution in [0.1, 0.15) is 5.56 Å². The van der Waals surface area contributed by atoms with Gasteiger partial charge in [0.15, 0.2) is 0 Å². The standard InChI is InChI=1S/C17H11BrClN3O/c1-10-4-2-3-5-13(10)22-15-9-12(19)11(18)8-14(15)21-7-6-20-16(21)17(22)23/h2-9H,1H3. The lowest BCUT2D eigenvalue weighted by atomic mass is 10.2. The minimum atomic E-state index is -0.171. The molecule has 0 saturated carbocycles. The van der Waals surface area contributed by atoms with Gasteiger partial charge in [-0.05, 0) is 46.6 Å². The van der Waals surface area contributed by atoms with Gasteiger partial charge in [0, 0.05) is 16.9 Å². The highest BCUT2D eigenvalue weighted by Gasteiger charge is 2.15. The number of rotatable bonds is 1. The van der Waals surface area contributed by atoms with Crippen LogP contribution in [-0.4, -0.2) is 14.0 Å². The zero-order valence-corrected chi connectivity index (χ0v) is 14.5. The highest BCUT2D eigenvalue weighted by Crippen LogP contribution is 2.29. The normalized spacial score (nSPS) is 11.4. The van der Waals surface area contributed by atoms with Crippen LogP contribution in [0, 0.1) is 6.92 Å². The zero-order valence-electron chi connectivity index (χ0n) is 12.1. The topological polar surface area (TPSA) is 39.3 Å². The highest BCUT2D eigenvalue weighted by molar-refractivity contribution is 9.10. The lowest BCUT2D eigenvalue weighted by Gasteiger charge is -2.15. The van der Waals surface area contributed by atoms with Gasteiger partial charge in [-0.15, -0.1) is 0 Å². The number of imidazole rings is 1. The molecular formula is C17H11BrClN3O. The Morgan fingerprint density at radius 2 is 1.96 bits per heavy atom. The number of aryl methyl sites for hydroxylation is 1. The fourth-order valence-electron chi connectivity index (χ4n) is 2.82. The predicted molar refractivity (Wildman–Crippen MR) is 95.7 cm³/mol. The van der Waals surface area contributed by atoms with Crippen LogP contribution in [-0.2, 0) is 0 Å². The summed E-state index contributed by atoms with van der Waals surface area (Å²) in [5.74, 6) is 0. The summed E-state index contributed by atoms with van der Waals surface area (Å²) in [5, 5.41) is 0.554. The first-order chi connectivity index (χ1) is 11.1. The zero-order chi connectivity index (χ0) is 16.1. The van der Waals surface area contributed by atoms with Crippen molar-refractivity contribution in [3.05, 3.63) is 74.2 Å². The molecule has 2 aromatic carbocycles. The van der Waals surface area contributed by atoms with Crippen LogP contribution in [0.15, 0.2) is 58.1 Å². The lowest BCUT2D eigenvalue weighted by Crippen LogP contribution is -2.22. The van der Waals surface area contributed by atoms with Crippen molar-refractivity contribution in [3.8, 4) is 5.69 Å². The van der Waals surface area contributed by atoms with E-state index in [9.17, 15) is 4.79 Å². The molecule has 6 heteroatoms. The Bertz CT molecular complexity index is 1130. The molecule has 4 rings (SSSR count). The first-order valence-electron chi connectivity index (χ1n) is 7.01. The predicted octanol–water partition coefficient (Wildman–Crippen LogP) is 4.36. The van der Waals surface area contributed by atoms with Crippen LogP contribution in [0.4, 0.5) is 0 Å². The maximum absolute atomic E-state index is 13.0. The molecule has 0 saturated heterocycles. The van der Waals surface area contributed by atoms with E-state index in [-0.39, 0.29) is 5.56 Å². The molecular weight excluding hydrogens is 378 g/mol. The van der Waals surface area contributed by atoms with E-state index < -0.39 is 0 Å². The third-order valence-corrected chi connectivity index (χ3v) is 5.11. The molecule has 0 spiro atoms. The van der Waals surface area contributed by atoms with Crippen molar-refractivity contribution in [1.29, 1.82) is 0 Å². The van der Waals surface area contributed by atoms with E-state index in [1.807, 2.05) is 37.3 Å². The van der Waals surface area contributed by atoms with E-state index in [4.69, 9.17) is 11.6 Å². The molecule has 2 aromatic heterocycles. The van der Waals surface area contributed by atoms with Gasteiger partial charge in [-0.1, -0.05) is 29.8 Å². The number of para-hydroxylation sites is 1. The van der Waals surface area contributed by atoms with Crippen LogP contribution in [0.25, 0.3) is 22.4 Å². The van der Waals surface area contributed by atoms with Crippen LogP contribution in [0.2, 0.25) is 5.02 Å². The Labute approximate surface area is 145 Å². The number of nitrogens with zero attached hydrogens (tertiary/aromatic N) is 3. The monoisotopic (exact) mass is 387 g/mol. The quantitative estimate of drug-likeness (QED) is 0.486. The third kappa shape index (κ3) is 2.11. The molecule has 0 amide bonds. The van der Waals surface area contributed by atoms with E-state index in [0.29, 0.717) is 10.7 Å². The molecule has 0 aliphatic rings. The summed E-state index contributed by atoms with van der Waals surface area (Å²) in [6.07, 6.45) is 3.41. The summed E-state index contributed by atoms with van der Waals surface area (Å²) in [7, 11) is 0. The second-order valence-electron chi connectivity index (χ2n) is 5.30. The van der Waals surface area contributed by atoms with E-state index in [1.54, 1.807) is 27.4 Å². The smallest absolute Gasteiger partial charge is 0.294 e. The number of halogens is 2. The fraction of sp³-hybridized carbons (Fsp3) is 0.0588. The SMILES string of the molecule is Cc1ccccc1-n1c(=O)c2nccn2c2cc(Br)c(Cl)cc21. The molecule has 0 fully saturated rings. The second kappa shape index (κ2) is 5.22. The van der Waals surface area contributed by atoms with Crippen molar-refractivity contribution in [2.24, 2.45) is 0 Å². The summed E-state index contributed by atoms with van der Waals surface area (Å²) in [6, 6.07) is 11.5. The first kappa shape index (κ1) is 14.5. The molecule has 0 unspecified atom stereocenters. The van der Waals surface area contributed by atoms with Crippen molar-refractivity contribution in [1.82, 2.24) is 14.0 Å². The number of hydrogen-bond donors (Lipinski definition) is 0. The molecule has 23 heavy (non-hydrogen) atoms. The Kier molecular flexibility index (Phi) is 3.28. The van der Waals surface area contributed by atoms with Gasteiger partial charge in [0.25, 0.3) is 5.56 Å². The number of fused-ring (bicyclic) bond motifs is 3. The van der Waals surface area contributed by atoms with Crippen molar-refractivity contribution >= 4 is 44.2 Å². The van der Waals surface area contributed by atoms with E-state index in [1.165, 1.54) is 0 Å². The second-order valence-corrected chi connectivity index (χ2v) is 6.56. The van der Waals surface area contributed by atoms with Gasteiger partial charge in [0.2, 0.25) is 5.65 Å². The molecule has 4 aromatic rings. The molecule has 114 valence electrons. The van der Waals surface area contributed by atoms with Gasteiger partial charge in [-0.25, -0.2) is 4.98 Å². The van der Waals surface area contributed by atoms with E-state index in [0.717, 1.165) is 26.8 Å². The summed E-state index contributed by atoms with van der Waals surface area (Å²) in [6.45, 7) is 1.98. The van der Waals surface area contributed by atoms with Crippen LogP contribution < -0.4 is 5.56 Å². The van der Waals surface area contributed by atoms with Gasteiger partial charge in [-0.3, -0.25) is 13.8 Å². The largest absolute Gasteiger partial charge is 0.299 e. The fourth-order valence-corrected chi connectivity index (χ4v) is 3.31. The molecule has 2 heterocycles. The van der Waals surface area contributed by atoms with Gasteiger partial charge in [-0.2, -0.15) is 0 Å². The molecule has 4 nitrogen and oxygen atoms in total. The Balaban J connectivity index is 2.30. The maximum atomic E-state index is 13.0. The van der Waals surface area contributed by atoms with Gasteiger partial charge in [0.05, 0.1) is 21.7 Å². The molecule has 0 bridgehead atoms. The molecule has 0 aliphatic carbocycles. The minimum Gasteiger partial charge on any atom is -0.294 e. The Morgan fingerprint density at radius 3 is 2.74 bits per heavy atom. The van der Waals surface area contributed by atoms with Crippen LogP contribution in [0.5, 0.6) is 0 Å². The van der Waals surface area contributed by atoms with Gasteiger partial charge in [0.1, 0.15) is 0 Å².